The van der Waals surface area contributed by atoms with Gasteiger partial charge in [0.2, 0.25) is 0 Å². The first-order chi connectivity index (χ1) is 8.58. The lowest BCUT2D eigenvalue weighted by Gasteiger charge is -2.19. The summed E-state index contributed by atoms with van der Waals surface area (Å²) in [5.74, 6) is 0.871. The Bertz CT molecular complexity index is 366. The topological polar surface area (TPSA) is 41.5 Å². The third kappa shape index (κ3) is 4.31. The summed E-state index contributed by atoms with van der Waals surface area (Å²) < 4.78 is 5.75. The molecular weight excluding hydrogens is 226 g/mol. The van der Waals surface area contributed by atoms with Gasteiger partial charge in [0.25, 0.3) is 0 Å². The number of rotatable bonds is 7. The molecule has 102 valence electrons. The quantitative estimate of drug-likeness (QED) is 0.783. The second kappa shape index (κ2) is 7.39. The van der Waals surface area contributed by atoms with Crippen molar-refractivity contribution in [3.8, 4) is 5.75 Å². The third-order valence-corrected chi connectivity index (χ3v) is 3.05. The molecule has 0 heterocycles. The van der Waals surface area contributed by atoms with E-state index in [0.717, 1.165) is 17.9 Å². The highest BCUT2D eigenvalue weighted by Gasteiger charge is 2.12. The highest BCUT2D eigenvalue weighted by molar-refractivity contribution is 5.39. The third-order valence-electron chi connectivity index (χ3n) is 3.05. The molecule has 0 aliphatic heterocycles. The SMILES string of the molecule is CCNC(C)c1ccc(C)cc1OCC(O)CC. The molecule has 0 aromatic heterocycles. The zero-order valence-electron chi connectivity index (χ0n) is 11.9. The molecule has 0 fully saturated rings. The number of aryl methyl sites for hydroxylation is 1. The summed E-state index contributed by atoms with van der Waals surface area (Å²) in [6.07, 6.45) is 0.317. The normalized spacial score (nSPS) is 14.3. The molecule has 2 unspecified atom stereocenters. The molecular formula is C15H25NO2. The van der Waals surface area contributed by atoms with Crippen molar-refractivity contribution in [3.05, 3.63) is 29.3 Å². The zero-order chi connectivity index (χ0) is 13.5. The maximum absolute atomic E-state index is 9.58. The van der Waals surface area contributed by atoms with E-state index in [2.05, 4.69) is 31.3 Å². The Balaban J connectivity index is 2.82. The summed E-state index contributed by atoms with van der Waals surface area (Å²) in [5, 5.41) is 13.0. The van der Waals surface area contributed by atoms with Gasteiger partial charge in [-0.1, -0.05) is 26.0 Å². The molecule has 2 N–H and O–H groups in total. The van der Waals surface area contributed by atoms with E-state index in [1.165, 1.54) is 5.56 Å². The van der Waals surface area contributed by atoms with Gasteiger partial charge in [0.05, 0.1) is 6.10 Å². The van der Waals surface area contributed by atoms with Crippen molar-refractivity contribution in [2.45, 2.75) is 46.3 Å². The molecule has 18 heavy (non-hydrogen) atoms. The van der Waals surface area contributed by atoms with Crippen molar-refractivity contribution in [1.82, 2.24) is 5.32 Å². The van der Waals surface area contributed by atoms with Crippen molar-refractivity contribution in [2.24, 2.45) is 0 Å². The van der Waals surface area contributed by atoms with Crippen molar-refractivity contribution in [3.63, 3.8) is 0 Å². The summed E-state index contributed by atoms with van der Waals surface area (Å²) in [5.41, 5.74) is 2.31. The van der Waals surface area contributed by atoms with Gasteiger partial charge in [-0.15, -0.1) is 0 Å². The predicted octanol–water partition coefficient (Wildman–Crippen LogP) is 2.82. The van der Waals surface area contributed by atoms with Gasteiger partial charge in [0, 0.05) is 11.6 Å². The van der Waals surface area contributed by atoms with Crippen LogP contribution in [-0.2, 0) is 0 Å². The van der Waals surface area contributed by atoms with Crippen LogP contribution in [0, 0.1) is 6.92 Å². The lowest BCUT2D eigenvalue weighted by Crippen LogP contribution is -2.21. The van der Waals surface area contributed by atoms with Gasteiger partial charge in [-0.05, 0) is 38.4 Å². The number of aliphatic hydroxyl groups excluding tert-OH is 1. The average molecular weight is 251 g/mol. The van der Waals surface area contributed by atoms with E-state index in [1.807, 2.05) is 19.9 Å². The fraction of sp³-hybridized carbons (Fsp3) is 0.600. The molecule has 0 spiro atoms. The van der Waals surface area contributed by atoms with Gasteiger partial charge < -0.3 is 15.2 Å². The molecule has 0 aliphatic carbocycles. The van der Waals surface area contributed by atoms with E-state index in [1.54, 1.807) is 0 Å². The molecule has 0 amide bonds. The van der Waals surface area contributed by atoms with Crippen LogP contribution in [0.4, 0.5) is 0 Å². The molecule has 0 aliphatic rings. The monoisotopic (exact) mass is 251 g/mol. The summed E-state index contributed by atoms with van der Waals surface area (Å²) in [6.45, 7) is 9.48. The maximum atomic E-state index is 9.58. The standard InChI is InChI=1S/C15H25NO2/c1-5-13(17)10-18-15-9-11(3)7-8-14(15)12(4)16-6-2/h7-9,12-13,16-17H,5-6,10H2,1-4H3. The second-order valence-corrected chi connectivity index (χ2v) is 4.69. The minimum atomic E-state index is -0.396. The Kier molecular flexibility index (Phi) is 6.16. The molecule has 1 aromatic carbocycles. The Hall–Kier alpha value is -1.06. The first-order valence-electron chi connectivity index (χ1n) is 6.73. The van der Waals surface area contributed by atoms with E-state index in [-0.39, 0.29) is 6.04 Å². The van der Waals surface area contributed by atoms with Gasteiger partial charge >= 0.3 is 0 Å². The van der Waals surface area contributed by atoms with Gasteiger partial charge in [-0.25, -0.2) is 0 Å². The van der Waals surface area contributed by atoms with Gasteiger partial charge in [-0.2, -0.15) is 0 Å². The van der Waals surface area contributed by atoms with Crippen molar-refractivity contribution >= 4 is 0 Å². The highest BCUT2D eigenvalue weighted by Crippen LogP contribution is 2.26. The van der Waals surface area contributed by atoms with E-state index < -0.39 is 6.10 Å². The van der Waals surface area contributed by atoms with Crippen LogP contribution in [-0.4, -0.2) is 24.4 Å². The molecule has 3 heteroatoms. The maximum Gasteiger partial charge on any atom is 0.124 e. The molecule has 0 radical (unpaired) electrons. The summed E-state index contributed by atoms with van der Waals surface area (Å²) >= 11 is 0. The summed E-state index contributed by atoms with van der Waals surface area (Å²) in [7, 11) is 0. The largest absolute Gasteiger partial charge is 0.491 e. The van der Waals surface area contributed by atoms with E-state index in [0.29, 0.717) is 13.0 Å². The first kappa shape index (κ1) is 15.0. The van der Waals surface area contributed by atoms with Gasteiger partial charge in [-0.3, -0.25) is 0 Å². The fourth-order valence-corrected chi connectivity index (χ4v) is 1.84. The Labute approximate surface area is 110 Å². The van der Waals surface area contributed by atoms with Crippen molar-refractivity contribution < 1.29 is 9.84 Å². The van der Waals surface area contributed by atoms with E-state index in [4.69, 9.17) is 4.74 Å². The number of aliphatic hydroxyl groups is 1. The van der Waals surface area contributed by atoms with Crippen molar-refractivity contribution in [1.29, 1.82) is 0 Å². The van der Waals surface area contributed by atoms with Crippen molar-refractivity contribution in [2.75, 3.05) is 13.2 Å². The lowest BCUT2D eigenvalue weighted by molar-refractivity contribution is 0.103. The van der Waals surface area contributed by atoms with Crippen LogP contribution in [0.1, 0.15) is 44.4 Å². The van der Waals surface area contributed by atoms with Crippen LogP contribution in [0.5, 0.6) is 5.75 Å². The number of nitrogens with one attached hydrogen (secondary N) is 1. The van der Waals surface area contributed by atoms with Crippen LogP contribution in [0.25, 0.3) is 0 Å². The minimum absolute atomic E-state index is 0.254. The molecule has 2 atom stereocenters. The number of benzene rings is 1. The zero-order valence-corrected chi connectivity index (χ0v) is 11.9. The van der Waals surface area contributed by atoms with Gasteiger partial charge in [0.1, 0.15) is 12.4 Å². The van der Waals surface area contributed by atoms with E-state index in [9.17, 15) is 5.11 Å². The molecule has 1 rings (SSSR count). The van der Waals surface area contributed by atoms with Crippen LogP contribution < -0.4 is 10.1 Å². The van der Waals surface area contributed by atoms with E-state index >= 15 is 0 Å². The first-order valence-corrected chi connectivity index (χ1v) is 6.73. The van der Waals surface area contributed by atoms with Crippen LogP contribution in [0.2, 0.25) is 0 Å². The Morgan fingerprint density at radius 2 is 2.06 bits per heavy atom. The van der Waals surface area contributed by atoms with Crippen LogP contribution in [0.15, 0.2) is 18.2 Å². The summed E-state index contributed by atoms with van der Waals surface area (Å²) in [6, 6.07) is 6.47. The Morgan fingerprint density at radius 1 is 1.33 bits per heavy atom. The molecule has 0 saturated carbocycles. The van der Waals surface area contributed by atoms with Crippen LogP contribution in [0.3, 0.4) is 0 Å². The Morgan fingerprint density at radius 3 is 2.67 bits per heavy atom. The molecule has 0 saturated heterocycles. The number of hydrogen-bond acceptors (Lipinski definition) is 3. The van der Waals surface area contributed by atoms with Crippen LogP contribution >= 0.6 is 0 Å². The smallest absolute Gasteiger partial charge is 0.124 e. The highest BCUT2D eigenvalue weighted by atomic mass is 16.5. The van der Waals surface area contributed by atoms with Gasteiger partial charge in [0.15, 0.2) is 0 Å². The molecule has 3 nitrogen and oxygen atoms in total. The second-order valence-electron chi connectivity index (χ2n) is 4.69. The predicted molar refractivity (Wildman–Crippen MR) is 75.1 cm³/mol. The number of hydrogen-bond donors (Lipinski definition) is 2. The minimum Gasteiger partial charge on any atom is -0.491 e. The fourth-order valence-electron chi connectivity index (χ4n) is 1.84. The summed E-state index contributed by atoms with van der Waals surface area (Å²) in [4.78, 5) is 0. The number of ether oxygens (including phenoxy) is 1. The molecule has 0 bridgehead atoms. The average Bonchev–Trinajstić information content (AvgIpc) is 2.36. The lowest BCUT2D eigenvalue weighted by atomic mass is 10.0. The molecule has 1 aromatic rings.